The Morgan fingerprint density at radius 1 is 1.11 bits per heavy atom. The van der Waals surface area contributed by atoms with Crippen LogP contribution < -0.4 is 9.62 Å². The van der Waals surface area contributed by atoms with E-state index in [9.17, 15) is 18.0 Å². The van der Waals surface area contributed by atoms with Crippen molar-refractivity contribution in [3.63, 3.8) is 0 Å². The summed E-state index contributed by atoms with van der Waals surface area (Å²) >= 11 is 3.44. The lowest BCUT2D eigenvalue weighted by Crippen LogP contribution is -2.53. The Balaban J connectivity index is 1.93. The monoisotopic (exact) mass is 577 g/mol. The highest BCUT2D eigenvalue weighted by Crippen LogP contribution is 2.25. The molecule has 1 aliphatic rings. The van der Waals surface area contributed by atoms with E-state index in [-0.39, 0.29) is 25.0 Å². The van der Waals surface area contributed by atoms with Crippen LogP contribution in [0.25, 0.3) is 0 Å². The average molecular weight is 579 g/mol. The van der Waals surface area contributed by atoms with E-state index in [2.05, 4.69) is 21.2 Å². The van der Waals surface area contributed by atoms with Gasteiger partial charge in [-0.25, -0.2) is 8.42 Å². The third-order valence-electron chi connectivity index (χ3n) is 6.63. The van der Waals surface area contributed by atoms with Gasteiger partial charge in [0, 0.05) is 17.1 Å². The van der Waals surface area contributed by atoms with E-state index in [4.69, 9.17) is 0 Å². The number of carbonyl (C=O) groups excluding carboxylic acids is 2. The van der Waals surface area contributed by atoms with Crippen LogP contribution in [0.4, 0.5) is 5.69 Å². The van der Waals surface area contributed by atoms with Crippen molar-refractivity contribution >= 4 is 43.5 Å². The second-order valence-corrected chi connectivity index (χ2v) is 12.4. The predicted molar refractivity (Wildman–Crippen MR) is 147 cm³/mol. The number of hydrogen-bond acceptors (Lipinski definition) is 4. The fraction of sp³-hybridized carbons (Fsp3) is 0.481. The normalized spacial score (nSPS) is 14.9. The highest BCUT2D eigenvalue weighted by Gasteiger charge is 2.33. The van der Waals surface area contributed by atoms with Gasteiger partial charge in [0.1, 0.15) is 12.6 Å². The maximum absolute atomic E-state index is 13.8. The number of anilines is 1. The van der Waals surface area contributed by atoms with Gasteiger partial charge in [-0.15, -0.1) is 0 Å². The molecule has 0 bridgehead atoms. The summed E-state index contributed by atoms with van der Waals surface area (Å²) in [5.74, 6) is -0.605. The minimum Gasteiger partial charge on any atom is -0.352 e. The Labute approximate surface area is 223 Å². The third kappa shape index (κ3) is 7.32. The van der Waals surface area contributed by atoms with Crippen LogP contribution in [0.15, 0.2) is 46.9 Å². The van der Waals surface area contributed by atoms with Crippen LogP contribution in [0.5, 0.6) is 0 Å². The lowest BCUT2D eigenvalue weighted by molar-refractivity contribution is -0.140. The van der Waals surface area contributed by atoms with E-state index in [0.29, 0.717) is 12.1 Å². The van der Waals surface area contributed by atoms with Gasteiger partial charge in [0.25, 0.3) is 0 Å². The van der Waals surface area contributed by atoms with Crippen LogP contribution in [0.2, 0.25) is 0 Å². The standard InChI is InChI=1S/C27H36BrN3O4S/c1-5-25(27(33)29-22-11-6-7-12-22)30(17-21-10-8-9-19(2)15-21)26(32)18-31(36(4,34)35)23-13-14-24(28)20(3)16-23/h8-10,13-16,22,25H,5-7,11-12,17-18H2,1-4H3,(H,29,33)/t25-/m0/s1. The molecular weight excluding hydrogens is 542 g/mol. The molecule has 3 rings (SSSR count). The number of carbonyl (C=O) groups is 2. The van der Waals surface area contributed by atoms with Gasteiger partial charge in [0.2, 0.25) is 21.8 Å². The molecule has 1 saturated carbocycles. The van der Waals surface area contributed by atoms with Crippen LogP contribution in [0, 0.1) is 13.8 Å². The number of nitrogens with zero attached hydrogens (tertiary/aromatic N) is 2. The number of amides is 2. The Hall–Kier alpha value is -2.39. The molecule has 1 fully saturated rings. The first kappa shape index (κ1) is 28.2. The maximum Gasteiger partial charge on any atom is 0.244 e. The quantitative estimate of drug-likeness (QED) is 0.443. The van der Waals surface area contributed by atoms with Crippen LogP contribution in [-0.4, -0.2) is 50.0 Å². The zero-order valence-electron chi connectivity index (χ0n) is 21.5. The van der Waals surface area contributed by atoms with Crippen LogP contribution in [0.1, 0.15) is 55.7 Å². The fourth-order valence-electron chi connectivity index (χ4n) is 4.69. The first-order valence-corrected chi connectivity index (χ1v) is 15.0. The zero-order chi connectivity index (χ0) is 26.5. The number of sulfonamides is 1. The smallest absolute Gasteiger partial charge is 0.244 e. The zero-order valence-corrected chi connectivity index (χ0v) is 23.9. The van der Waals surface area contributed by atoms with Crippen molar-refractivity contribution in [2.45, 2.75) is 71.5 Å². The summed E-state index contributed by atoms with van der Waals surface area (Å²) in [7, 11) is -3.76. The van der Waals surface area contributed by atoms with Crippen molar-refractivity contribution < 1.29 is 18.0 Å². The Kier molecular flexibility index (Phi) is 9.58. The number of halogens is 1. The summed E-state index contributed by atoms with van der Waals surface area (Å²) in [5.41, 5.74) is 3.20. The first-order chi connectivity index (χ1) is 17.0. The molecule has 2 aromatic rings. The highest BCUT2D eigenvalue weighted by atomic mass is 79.9. The second-order valence-electron chi connectivity index (χ2n) is 9.63. The number of nitrogens with one attached hydrogen (secondary N) is 1. The molecule has 1 N–H and O–H groups in total. The molecule has 2 aromatic carbocycles. The van der Waals surface area contributed by atoms with Gasteiger partial charge in [-0.05, 0) is 62.4 Å². The van der Waals surface area contributed by atoms with E-state index in [1.165, 1.54) is 4.90 Å². The molecule has 1 aliphatic carbocycles. The molecule has 7 nitrogen and oxygen atoms in total. The molecule has 0 saturated heterocycles. The summed E-state index contributed by atoms with van der Waals surface area (Å²) in [5, 5.41) is 3.12. The number of hydrogen-bond donors (Lipinski definition) is 1. The number of aryl methyl sites for hydroxylation is 2. The Morgan fingerprint density at radius 2 is 1.81 bits per heavy atom. The molecule has 196 valence electrons. The van der Waals surface area contributed by atoms with Crippen LogP contribution >= 0.6 is 15.9 Å². The van der Waals surface area contributed by atoms with E-state index in [0.717, 1.165) is 57.4 Å². The average Bonchev–Trinajstić information content (AvgIpc) is 3.31. The minimum absolute atomic E-state index is 0.126. The van der Waals surface area contributed by atoms with E-state index in [1.807, 2.05) is 45.0 Å². The summed E-state index contributed by atoms with van der Waals surface area (Å²) in [6.45, 7) is 5.54. The van der Waals surface area contributed by atoms with Gasteiger partial charge in [0.15, 0.2) is 0 Å². The molecular formula is C27H36BrN3O4S. The van der Waals surface area contributed by atoms with Gasteiger partial charge in [-0.1, -0.05) is 65.5 Å². The fourth-order valence-corrected chi connectivity index (χ4v) is 5.78. The second kappa shape index (κ2) is 12.2. The van der Waals surface area contributed by atoms with Gasteiger partial charge in [0.05, 0.1) is 11.9 Å². The number of benzene rings is 2. The molecule has 0 spiro atoms. The summed E-state index contributed by atoms with van der Waals surface area (Å²) in [6.07, 6.45) is 5.57. The lowest BCUT2D eigenvalue weighted by Gasteiger charge is -2.33. The van der Waals surface area contributed by atoms with E-state index in [1.54, 1.807) is 18.2 Å². The highest BCUT2D eigenvalue weighted by molar-refractivity contribution is 9.10. The molecule has 0 heterocycles. The van der Waals surface area contributed by atoms with Gasteiger partial charge >= 0.3 is 0 Å². The molecule has 0 aliphatic heterocycles. The topological polar surface area (TPSA) is 86.8 Å². The van der Waals surface area contributed by atoms with Gasteiger partial charge < -0.3 is 10.2 Å². The summed E-state index contributed by atoms with van der Waals surface area (Å²) in [4.78, 5) is 28.6. The van der Waals surface area contributed by atoms with Gasteiger partial charge in [-0.2, -0.15) is 0 Å². The molecule has 2 amide bonds. The molecule has 9 heteroatoms. The Bertz CT molecular complexity index is 1200. The first-order valence-electron chi connectivity index (χ1n) is 12.4. The summed E-state index contributed by atoms with van der Waals surface area (Å²) in [6, 6.07) is 12.4. The predicted octanol–water partition coefficient (Wildman–Crippen LogP) is 4.70. The van der Waals surface area contributed by atoms with Crippen molar-refractivity contribution in [1.82, 2.24) is 10.2 Å². The van der Waals surface area contributed by atoms with Crippen LogP contribution in [0.3, 0.4) is 0 Å². The minimum atomic E-state index is -3.76. The molecule has 0 radical (unpaired) electrons. The SMILES string of the molecule is CC[C@@H](C(=O)NC1CCCC1)N(Cc1cccc(C)c1)C(=O)CN(c1ccc(Br)c(C)c1)S(C)(=O)=O. The largest absolute Gasteiger partial charge is 0.352 e. The van der Waals surface area contributed by atoms with Crippen molar-refractivity contribution in [3.8, 4) is 0 Å². The molecule has 0 unspecified atom stereocenters. The van der Waals surface area contributed by atoms with Gasteiger partial charge in [-0.3, -0.25) is 13.9 Å². The molecule has 36 heavy (non-hydrogen) atoms. The third-order valence-corrected chi connectivity index (χ3v) is 8.66. The summed E-state index contributed by atoms with van der Waals surface area (Å²) < 4.78 is 27.5. The van der Waals surface area contributed by atoms with Crippen molar-refractivity contribution in [2.75, 3.05) is 17.1 Å². The Morgan fingerprint density at radius 3 is 2.39 bits per heavy atom. The molecule has 1 atom stereocenters. The molecule has 0 aromatic heterocycles. The van der Waals surface area contributed by atoms with Crippen molar-refractivity contribution in [2.24, 2.45) is 0 Å². The van der Waals surface area contributed by atoms with Crippen molar-refractivity contribution in [1.29, 1.82) is 0 Å². The van der Waals surface area contributed by atoms with E-state index >= 15 is 0 Å². The lowest BCUT2D eigenvalue weighted by atomic mass is 10.1. The van der Waals surface area contributed by atoms with Crippen LogP contribution in [-0.2, 0) is 26.2 Å². The van der Waals surface area contributed by atoms with Crippen molar-refractivity contribution in [3.05, 3.63) is 63.6 Å². The van der Waals surface area contributed by atoms with E-state index < -0.39 is 22.0 Å². The maximum atomic E-state index is 13.8. The number of rotatable bonds is 10.